The normalized spacial score (nSPS) is 19.2. The molecule has 0 spiro atoms. The Morgan fingerprint density at radius 3 is 2.42 bits per heavy atom. The highest BCUT2D eigenvalue weighted by molar-refractivity contribution is 5.37. The third kappa shape index (κ3) is 3.81. The van der Waals surface area contributed by atoms with Crippen LogP contribution >= 0.6 is 0 Å². The van der Waals surface area contributed by atoms with Crippen LogP contribution in [0.1, 0.15) is 50.7 Å². The summed E-state index contributed by atoms with van der Waals surface area (Å²) in [6, 6.07) is 9.86. The van der Waals surface area contributed by atoms with E-state index in [1.807, 2.05) is 37.3 Å². The maximum atomic E-state index is 10.6. The summed E-state index contributed by atoms with van der Waals surface area (Å²) in [6.07, 6.45) is 8.20. The van der Waals surface area contributed by atoms with E-state index in [9.17, 15) is 5.11 Å². The minimum atomic E-state index is -0.541. The van der Waals surface area contributed by atoms with Gasteiger partial charge >= 0.3 is 0 Å². The number of hydrogen-bond acceptors (Lipinski definition) is 1. The van der Waals surface area contributed by atoms with Gasteiger partial charge in [-0.1, -0.05) is 67.8 Å². The van der Waals surface area contributed by atoms with E-state index in [1.54, 1.807) is 0 Å². The van der Waals surface area contributed by atoms with Crippen LogP contribution < -0.4 is 0 Å². The first-order valence-electron chi connectivity index (χ1n) is 7.29. The van der Waals surface area contributed by atoms with E-state index >= 15 is 0 Å². The predicted octanol–water partition coefficient (Wildman–Crippen LogP) is 4.80. The zero-order valence-corrected chi connectivity index (χ0v) is 11.8. The predicted molar refractivity (Wildman–Crippen MR) is 80.9 cm³/mol. The average molecular weight is 256 g/mol. The molecule has 1 fully saturated rings. The second kappa shape index (κ2) is 6.72. The molecule has 2 rings (SSSR count). The molecule has 1 N–H and O–H groups in total. The first-order chi connectivity index (χ1) is 9.18. The summed E-state index contributed by atoms with van der Waals surface area (Å²) >= 11 is 0. The Morgan fingerprint density at radius 1 is 1.21 bits per heavy atom. The summed E-state index contributed by atoms with van der Waals surface area (Å²) in [6.45, 7) is 6.03. The molecule has 0 amide bonds. The summed E-state index contributed by atoms with van der Waals surface area (Å²) in [4.78, 5) is 0. The van der Waals surface area contributed by atoms with Gasteiger partial charge in [-0.05, 0) is 36.8 Å². The SMILES string of the molecule is C=C(C)/C(=C\C1CCCCC1)[C@@H](O)c1ccccc1. The molecule has 0 aromatic heterocycles. The molecule has 0 bridgehead atoms. The molecule has 1 aliphatic rings. The first kappa shape index (κ1) is 14.1. The largest absolute Gasteiger partial charge is 0.384 e. The molecule has 0 heterocycles. The van der Waals surface area contributed by atoms with Crippen molar-refractivity contribution in [3.63, 3.8) is 0 Å². The quantitative estimate of drug-likeness (QED) is 0.767. The van der Waals surface area contributed by atoms with Gasteiger partial charge in [-0.25, -0.2) is 0 Å². The molecule has 1 aliphatic carbocycles. The van der Waals surface area contributed by atoms with Gasteiger partial charge in [0.2, 0.25) is 0 Å². The van der Waals surface area contributed by atoms with Crippen LogP contribution in [0.25, 0.3) is 0 Å². The second-order valence-electron chi connectivity index (χ2n) is 5.61. The number of benzene rings is 1. The van der Waals surface area contributed by atoms with E-state index in [4.69, 9.17) is 0 Å². The lowest BCUT2D eigenvalue weighted by Gasteiger charge is -2.22. The Morgan fingerprint density at radius 2 is 1.84 bits per heavy atom. The Hall–Kier alpha value is -1.34. The van der Waals surface area contributed by atoms with Crippen molar-refractivity contribution in [2.75, 3.05) is 0 Å². The summed E-state index contributed by atoms with van der Waals surface area (Å²) < 4.78 is 0. The summed E-state index contributed by atoms with van der Waals surface area (Å²) in [5.41, 5.74) is 2.92. The zero-order chi connectivity index (χ0) is 13.7. The molecule has 1 saturated carbocycles. The standard InChI is InChI=1S/C18H24O/c1-14(2)17(13-15-9-5-3-6-10-15)18(19)16-11-7-4-8-12-16/h4,7-8,11-13,15,18-19H,1,3,5-6,9-10H2,2H3/b17-13+/t18-/m0/s1. The van der Waals surface area contributed by atoms with E-state index in [-0.39, 0.29) is 0 Å². The van der Waals surface area contributed by atoms with Crippen LogP contribution in [0.4, 0.5) is 0 Å². The van der Waals surface area contributed by atoms with Crippen molar-refractivity contribution in [3.8, 4) is 0 Å². The lowest BCUT2D eigenvalue weighted by Crippen LogP contribution is -2.08. The molecular weight excluding hydrogens is 232 g/mol. The van der Waals surface area contributed by atoms with Crippen molar-refractivity contribution >= 4 is 0 Å². The number of aliphatic hydroxyl groups excluding tert-OH is 1. The fraction of sp³-hybridized carbons (Fsp3) is 0.444. The number of allylic oxidation sites excluding steroid dienone is 1. The summed E-state index contributed by atoms with van der Waals surface area (Å²) in [7, 11) is 0. The molecule has 1 heteroatoms. The van der Waals surface area contributed by atoms with E-state index in [2.05, 4.69) is 12.7 Å². The zero-order valence-electron chi connectivity index (χ0n) is 11.8. The highest BCUT2D eigenvalue weighted by atomic mass is 16.3. The van der Waals surface area contributed by atoms with Gasteiger partial charge in [0.1, 0.15) is 6.10 Å². The van der Waals surface area contributed by atoms with Gasteiger partial charge in [0.15, 0.2) is 0 Å². The van der Waals surface area contributed by atoms with Crippen LogP contribution in [-0.2, 0) is 0 Å². The molecule has 19 heavy (non-hydrogen) atoms. The van der Waals surface area contributed by atoms with Crippen LogP contribution in [0, 0.1) is 5.92 Å². The smallest absolute Gasteiger partial charge is 0.104 e. The van der Waals surface area contributed by atoms with Crippen LogP contribution in [0.2, 0.25) is 0 Å². The molecule has 1 aromatic rings. The van der Waals surface area contributed by atoms with Gasteiger partial charge in [-0.15, -0.1) is 0 Å². The minimum absolute atomic E-state index is 0.541. The molecule has 1 nitrogen and oxygen atoms in total. The Kier molecular flexibility index (Phi) is 4.98. The van der Waals surface area contributed by atoms with Gasteiger partial charge in [0, 0.05) is 0 Å². The van der Waals surface area contributed by atoms with Crippen LogP contribution in [0.3, 0.4) is 0 Å². The van der Waals surface area contributed by atoms with Gasteiger partial charge in [0.05, 0.1) is 0 Å². The topological polar surface area (TPSA) is 20.2 Å². The number of aliphatic hydroxyl groups is 1. The maximum absolute atomic E-state index is 10.6. The molecule has 1 aromatic carbocycles. The minimum Gasteiger partial charge on any atom is -0.384 e. The average Bonchev–Trinajstić information content (AvgIpc) is 2.46. The van der Waals surface area contributed by atoms with Gasteiger partial charge in [-0.2, -0.15) is 0 Å². The van der Waals surface area contributed by atoms with Gasteiger partial charge < -0.3 is 5.11 Å². The van der Waals surface area contributed by atoms with Crippen molar-refractivity contribution in [2.24, 2.45) is 5.92 Å². The summed E-state index contributed by atoms with van der Waals surface area (Å²) in [5, 5.41) is 10.6. The Labute approximate surface area is 116 Å². The van der Waals surface area contributed by atoms with Crippen LogP contribution in [0.15, 0.2) is 54.1 Å². The molecule has 1 atom stereocenters. The fourth-order valence-corrected chi connectivity index (χ4v) is 2.84. The highest BCUT2D eigenvalue weighted by Gasteiger charge is 2.17. The fourth-order valence-electron chi connectivity index (χ4n) is 2.84. The molecule has 0 saturated heterocycles. The molecular formula is C18H24O. The van der Waals surface area contributed by atoms with Crippen molar-refractivity contribution in [3.05, 3.63) is 59.7 Å². The molecule has 102 valence electrons. The molecule has 0 radical (unpaired) electrons. The molecule has 0 unspecified atom stereocenters. The maximum Gasteiger partial charge on any atom is 0.104 e. The van der Waals surface area contributed by atoms with E-state index in [0.29, 0.717) is 5.92 Å². The van der Waals surface area contributed by atoms with Crippen LogP contribution in [0.5, 0.6) is 0 Å². The lowest BCUT2D eigenvalue weighted by molar-refractivity contribution is 0.216. The van der Waals surface area contributed by atoms with Crippen molar-refractivity contribution < 1.29 is 5.11 Å². The van der Waals surface area contributed by atoms with Gasteiger partial charge in [-0.3, -0.25) is 0 Å². The Bertz CT molecular complexity index is 438. The van der Waals surface area contributed by atoms with E-state index in [0.717, 1.165) is 16.7 Å². The number of hydrogen-bond donors (Lipinski definition) is 1. The van der Waals surface area contributed by atoms with E-state index in [1.165, 1.54) is 32.1 Å². The van der Waals surface area contributed by atoms with Gasteiger partial charge in [0.25, 0.3) is 0 Å². The second-order valence-corrected chi connectivity index (χ2v) is 5.61. The first-order valence-corrected chi connectivity index (χ1v) is 7.29. The van der Waals surface area contributed by atoms with Crippen molar-refractivity contribution in [2.45, 2.75) is 45.1 Å². The summed E-state index contributed by atoms with van der Waals surface area (Å²) in [5.74, 6) is 0.610. The highest BCUT2D eigenvalue weighted by Crippen LogP contribution is 2.32. The third-order valence-corrected chi connectivity index (χ3v) is 3.97. The Balaban J connectivity index is 2.19. The monoisotopic (exact) mass is 256 g/mol. The van der Waals surface area contributed by atoms with Crippen molar-refractivity contribution in [1.82, 2.24) is 0 Å². The van der Waals surface area contributed by atoms with Crippen molar-refractivity contribution in [1.29, 1.82) is 0 Å². The lowest BCUT2D eigenvalue weighted by atomic mass is 9.85. The van der Waals surface area contributed by atoms with Crippen LogP contribution in [-0.4, -0.2) is 5.11 Å². The van der Waals surface area contributed by atoms with E-state index < -0.39 is 6.10 Å². The number of rotatable bonds is 4. The third-order valence-electron chi connectivity index (χ3n) is 3.97. The molecule has 0 aliphatic heterocycles.